The first-order valence-corrected chi connectivity index (χ1v) is 3.14. The molecule has 0 fully saturated rings. The molecule has 1 heterocycles. The second-order valence-corrected chi connectivity index (χ2v) is 2.16. The Bertz CT molecular complexity index is 232. The first kappa shape index (κ1) is 6.86. The molecular formula is C7H11N3. The van der Waals surface area contributed by atoms with Gasteiger partial charge in [0.25, 0.3) is 0 Å². The van der Waals surface area contributed by atoms with E-state index in [0.717, 1.165) is 11.4 Å². The van der Waals surface area contributed by atoms with Gasteiger partial charge in [-0.1, -0.05) is 0 Å². The molecule has 0 aliphatic heterocycles. The number of nitrogens with zero attached hydrogens (tertiary/aromatic N) is 1. The molecule has 54 valence electrons. The van der Waals surface area contributed by atoms with Crippen LogP contribution in [0.2, 0.25) is 0 Å². The highest BCUT2D eigenvalue weighted by atomic mass is 14.9. The van der Waals surface area contributed by atoms with Gasteiger partial charge in [-0.3, -0.25) is 4.98 Å². The summed E-state index contributed by atoms with van der Waals surface area (Å²) < 4.78 is 0. The molecule has 10 heavy (non-hydrogen) atoms. The molecule has 0 aliphatic rings. The van der Waals surface area contributed by atoms with Crippen LogP contribution >= 0.6 is 0 Å². The molecule has 0 aliphatic carbocycles. The third kappa shape index (κ3) is 1.18. The highest BCUT2D eigenvalue weighted by Gasteiger charge is 1.94. The summed E-state index contributed by atoms with van der Waals surface area (Å²) in [7, 11) is 1.84. The molecule has 1 aromatic rings. The fraction of sp³-hybridized carbons (Fsp3) is 0.286. The molecule has 3 N–H and O–H groups in total. The summed E-state index contributed by atoms with van der Waals surface area (Å²) in [4.78, 5) is 4.02. The summed E-state index contributed by atoms with van der Waals surface area (Å²) in [5.41, 5.74) is 8.17. The van der Waals surface area contributed by atoms with E-state index in [9.17, 15) is 0 Å². The Hall–Kier alpha value is -1.25. The van der Waals surface area contributed by atoms with Crippen molar-refractivity contribution in [2.75, 3.05) is 18.1 Å². The molecule has 0 atom stereocenters. The van der Waals surface area contributed by atoms with E-state index in [0.29, 0.717) is 5.69 Å². The zero-order valence-corrected chi connectivity index (χ0v) is 6.18. The summed E-state index contributed by atoms with van der Waals surface area (Å²) in [6.07, 6.45) is 1.65. The van der Waals surface area contributed by atoms with E-state index in [1.165, 1.54) is 0 Å². The standard InChI is InChI=1S/C7H11N3/c1-5-3-7(9-2)6(8)4-10-5/h3-4H,8H2,1-2H3,(H,9,10). The molecule has 0 saturated carbocycles. The maximum absolute atomic E-state index is 5.57. The van der Waals surface area contributed by atoms with Gasteiger partial charge in [0, 0.05) is 12.7 Å². The van der Waals surface area contributed by atoms with E-state index in [2.05, 4.69) is 10.3 Å². The van der Waals surface area contributed by atoms with Gasteiger partial charge in [0.15, 0.2) is 0 Å². The Kier molecular flexibility index (Phi) is 1.76. The van der Waals surface area contributed by atoms with E-state index in [1.54, 1.807) is 6.20 Å². The topological polar surface area (TPSA) is 50.9 Å². The summed E-state index contributed by atoms with van der Waals surface area (Å²) in [5, 5.41) is 2.97. The molecule has 0 aromatic carbocycles. The molecule has 1 rings (SSSR count). The minimum atomic E-state index is 0.688. The number of nitrogen functional groups attached to an aromatic ring is 1. The molecule has 3 heteroatoms. The average Bonchev–Trinajstić information content (AvgIpc) is 1.94. The molecular weight excluding hydrogens is 126 g/mol. The average molecular weight is 137 g/mol. The Morgan fingerprint density at radius 2 is 2.30 bits per heavy atom. The van der Waals surface area contributed by atoms with Gasteiger partial charge >= 0.3 is 0 Å². The van der Waals surface area contributed by atoms with E-state index in [1.807, 2.05) is 20.0 Å². The normalized spacial score (nSPS) is 9.40. The van der Waals surface area contributed by atoms with E-state index >= 15 is 0 Å². The molecule has 1 aromatic heterocycles. The predicted molar refractivity (Wildman–Crippen MR) is 42.9 cm³/mol. The van der Waals surface area contributed by atoms with Crippen LogP contribution in [0.3, 0.4) is 0 Å². The summed E-state index contributed by atoms with van der Waals surface area (Å²) in [6.45, 7) is 1.93. The van der Waals surface area contributed by atoms with Crippen LogP contribution < -0.4 is 11.1 Å². The zero-order chi connectivity index (χ0) is 7.56. The monoisotopic (exact) mass is 137 g/mol. The van der Waals surface area contributed by atoms with Crippen molar-refractivity contribution in [3.63, 3.8) is 0 Å². The molecule has 0 radical (unpaired) electrons. The minimum absolute atomic E-state index is 0.688. The van der Waals surface area contributed by atoms with Crippen LogP contribution in [0.1, 0.15) is 5.69 Å². The van der Waals surface area contributed by atoms with Crippen molar-refractivity contribution in [2.45, 2.75) is 6.92 Å². The van der Waals surface area contributed by atoms with Gasteiger partial charge in [0.05, 0.1) is 17.6 Å². The lowest BCUT2D eigenvalue weighted by Crippen LogP contribution is -1.97. The van der Waals surface area contributed by atoms with Crippen LogP contribution in [0.4, 0.5) is 11.4 Å². The molecule has 0 bridgehead atoms. The highest BCUT2D eigenvalue weighted by Crippen LogP contribution is 2.15. The number of pyridine rings is 1. The maximum atomic E-state index is 5.57. The number of anilines is 2. The van der Waals surface area contributed by atoms with Gasteiger partial charge in [0.1, 0.15) is 0 Å². The predicted octanol–water partition coefficient (Wildman–Crippen LogP) is 1.01. The Morgan fingerprint density at radius 1 is 1.60 bits per heavy atom. The fourth-order valence-corrected chi connectivity index (χ4v) is 0.787. The van der Waals surface area contributed by atoms with Crippen LogP contribution in [-0.4, -0.2) is 12.0 Å². The lowest BCUT2D eigenvalue weighted by atomic mass is 10.3. The van der Waals surface area contributed by atoms with Gasteiger partial charge in [0.2, 0.25) is 0 Å². The van der Waals surface area contributed by atoms with Crippen molar-refractivity contribution in [2.24, 2.45) is 0 Å². The third-order valence-corrected chi connectivity index (χ3v) is 1.34. The second kappa shape index (κ2) is 2.56. The lowest BCUT2D eigenvalue weighted by Gasteiger charge is -2.03. The van der Waals surface area contributed by atoms with E-state index in [4.69, 9.17) is 5.73 Å². The van der Waals surface area contributed by atoms with Gasteiger partial charge in [-0.05, 0) is 13.0 Å². The molecule has 3 nitrogen and oxygen atoms in total. The maximum Gasteiger partial charge on any atom is 0.0736 e. The Morgan fingerprint density at radius 3 is 2.80 bits per heavy atom. The minimum Gasteiger partial charge on any atom is -0.396 e. The zero-order valence-electron chi connectivity index (χ0n) is 6.18. The van der Waals surface area contributed by atoms with Crippen LogP contribution in [0.15, 0.2) is 12.3 Å². The molecule has 0 unspecified atom stereocenters. The van der Waals surface area contributed by atoms with Crippen molar-refractivity contribution < 1.29 is 0 Å². The van der Waals surface area contributed by atoms with Crippen LogP contribution in [0, 0.1) is 6.92 Å². The molecule has 0 amide bonds. The largest absolute Gasteiger partial charge is 0.396 e. The van der Waals surface area contributed by atoms with Crippen molar-refractivity contribution in [3.05, 3.63) is 18.0 Å². The molecule has 0 spiro atoms. The van der Waals surface area contributed by atoms with Crippen LogP contribution in [-0.2, 0) is 0 Å². The van der Waals surface area contributed by atoms with Crippen molar-refractivity contribution >= 4 is 11.4 Å². The third-order valence-electron chi connectivity index (χ3n) is 1.34. The fourth-order valence-electron chi connectivity index (χ4n) is 0.787. The smallest absolute Gasteiger partial charge is 0.0736 e. The van der Waals surface area contributed by atoms with Crippen molar-refractivity contribution in [1.29, 1.82) is 0 Å². The Balaban J connectivity index is 3.09. The number of nitrogens with one attached hydrogen (secondary N) is 1. The number of hydrogen-bond acceptors (Lipinski definition) is 3. The van der Waals surface area contributed by atoms with Crippen molar-refractivity contribution in [1.82, 2.24) is 4.98 Å². The number of hydrogen-bond donors (Lipinski definition) is 2. The van der Waals surface area contributed by atoms with Gasteiger partial charge in [-0.2, -0.15) is 0 Å². The summed E-state index contributed by atoms with van der Waals surface area (Å²) >= 11 is 0. The number of nitrogens with two attached hydrogens (primary N) is 1. The van der Waals surface area contributed by atoms with Gasteiger partial charge < -0.3 is 11.1 Å². The van der Waals surface area contributed by atoms with Gasteiger partial charge in [-0.25, -0.2) is 0 Å². The van der Waals surface area contributed by atoms with E-state index < -0.39 is 0 Å². The van der Waals surface area contributed by atoms with Gasteiger partial charge in [-0.15, -0.1) is 0 Å². The quantitative estimate of drug-likeness (QED) is 0.607. The lowest BCUT2D eigenvalue weighted by molar-refractivity contribution is 1.20. The Labute approximate surface area is 60.3 Å². The second-order valence-electron chi connectivity index (χ2n) is 2.16. The summed E-state index contributed by atoms with van der Waals surface area (Å²) in [6, 6.07) is 1.91. The van der Waals surface area contributed by atoms with E-state index in [-0.39, 0.29) is 0 Å². The number of aryl methyl sites for hydroxylation is 1. The highest BCUT2D eigenvalue weighted by molar-refractivity contribution is 5.64. The number of rotatable bonds is 1. The number of aromatic nitrogens is 1. The van der Waals surface area contributed by atoms with Crippen LogP contribution in [0.5, 0.6) is 0 Å². The molecule has 0 saturated heterocycles. The first-order valence-electron chi connectivity index (χ1n) is 3.14. The first-order chi connectivity index (χ1) is 4.74. The van der Waals surface area contributed by atoms with Crippen LogP contribution in [0.25, 0.3) is 0 Å². The van der Waals surface area contributed by atoms with Crippen molar-refractivity contribution in [3.8, 4) is 0 Å². The SMILES string of the molecule is CNc1cc(C)ncc1N. The summed E-state index contributed by atoms with van der Waals surface area (Å²) in [5.74, 6) is 0.